The minimum atomic E-state index is -0.421. The molecule has 1 heterocycles. The molecule has 2 rings (SSSR count). The fourth-order valence-electron chi connectivity index (χ4n) is 2.85. The van der Waals surface area contributed by atoms with E-state index >= 15 is 0 Å². The van der Waals surface area contributed by atoms with Crippen LogP contribution < -0.4 is 5.32 Å². The summed E-state index contributed by atoms with van der Waals surface area (Å²) in [5, 5.41) is 3.39. The maximum absolute atomic E-state index is 14.3. The highest BCUT2D eigenvalue weighted by Crippen LogP contribution is 2.39. The first-order valence-electron chi connectivity index (χ1n) is 6.94. The molecule has 1 aliphatic heterocycles. The predicted molar refractivity (Wildman–Crippen MR) is 80.3 cm³/mol. The van der Waals surface area contributed by atoms with Gasteiger partial charge in [-0.25, -0.2) is 4.39 Å². The van der Waals surface area contributed by atoms with E-state index in [9.17, 15) is 4.39 Å². The molecule has 1 aromatic rings. The van der Waals surface area contributed by atoms with Gasteiger partial charge in [0.1, 0.15) is 5.82 Å². The first kappa shape index (κ1) is 15.9. The molecule has 1 N–H and O–H groups in total. The summed E-state index contributed by atoms with van der Waals surface area (Å²) >= 11 is 3.42. The minimum absolute atomic E-state index is 0.182. The Morgan fingerprint density at radius 1 is 1.45 bits per heavy atom. The second-order valence-electron chi connectivity index (χ2n) is 5.04. The van der Waals surface area contributed by atoms with Crippen molar-refractivity contribution >= 4 is 15.9 Å². The van der Waals surface area contributed by atoms with Gasteiger partial charge in [0.25, 0.3) is 0 Å². The highest BCUT2D eigenvalue weighted by atomic mass is 79.9. The van der Waals surface area contributed by atoms with Gasteiger partial charge < -0.3 is 14.8 Å². The zero-order valence-electron chi connectivity index (χ0n) is 11.9. The summed E-state index contributed by atoms with van der Waals surface area (Å²) in [6, 6.07) is 4.86. The van der Waals surface area contributed by atoms with Crippen LogP contribution in [0.1, 0.15) is 31.4 Å². The zero-order valence-corrected chi connectivity index (χ0v) is 13.5. The molecule has 0 saturated carbocycles. The molecule has 20 heavy (non-hydrogen) atoms. The molecule has 1 aliphatic rings. The fraction of sp³-hybridized carbons (Fsp3) is 0.600. The van der Waals surface area contributed by atoms with Gasteiger partial charge in [0.05, 0.1) is 11.6 Å². The van der Waals surface area contributed by atoms with Crippen LogP contribution in [0, 0.1) is 5.82 Å². The molecule has 0 amide bonds. The van der Waals surface area contributed by atoms with Crippen LogP contribution >= 0.6 is 15.9 Å². The Morgan fingerprint density at radius 2 is 2.15 bits per heavy atom. The van der Waals surface area contributed by atoms with Crippen molar-refractivity contribution in [3.63, 3.8) is 0 Å². The quantitative estimate of drug-likeness (QED) is 0.886. The SMILES string of the molecule is CCNC(c1cc(Br)ccc1F)C1(OC)CCOCC1. The molecule has 1 atom stereocenters. The Labute approximate surface area is 128 Å². The summed E-state index contributed by atoms with van der Waals surface area (Å²) in [6.07, 6.45) is 1.51. The lowest BCUT2D eigenvalue weighted by Gasteiger charge is -2.43. The van der Waals surface area contributed by atoms with E-state index in [0.717, 1.165) is 23.9 Å². The number of likely N-dealkylation sites (N-methyl/N-ethyl adjacent to an activating group) is 1. The smallest absolute Gasteiger partial charge is 0.128 e. The van der Waals surface area contributed by atoms with Crippen LogP contribution in [0.25, 0.3) is 0 Å². The molecule has 1 aromatic carbocycles. The molecular formula is C15H21BrFNO2. The van der Waals surface area contributed by atoms with Gasteiger partial charge in [-0.05, 0) is 24.7 Å². The van der Waals surface area contributed by atoms with Gasteiger partial charge in [0.15, 0.2) is 0 Å². The van der Waals surface area contributed by atoms with Crippen molar-refractivity contribution in [1.29, 1.82) is 0 Å². The first-order chi connectivity index (χ1) is 9.63. The molecule has 112 valence electrons. The Hall–Kier alpha value is -0.490. The van der Waals surface area contributed by atoms with Crippen molar-refractivity contribution in [3.05, 3.63) is 34.1 Å². The third-order valence-corrected chi connectivity index (χ3v) is 4.44. The molecule has 0 aromatic heterocycles. The molecule has 1 fully saturated rings. The molecule has 1 unspecified atom stereocenters. The molecule has 0 spiro atoms. The monoisotopic (exact) mass is 345 g/mol. The van der Waals surface area contributed by atoms with E-state index in [4.69, 9.17) is 9.47 Å². The third kappa shape index (κ3) is 3.22. The van der Waals surface area contributed by atoms with Crippen molar-refractivity contribution in [2.45, 2.75) is 31.4 Å². The van der Waals surface area contributed by atoms with Crippen LogP contribution in [-0.2, 0) is 9.47 Å². The van der Waals surface area contributed by atoms with E-state index in [1.54, 1.807) is 13.2 Å². The van der Waals surface area contributed by atoms with E-state index in [0.29, 0.717) is 18.8 Å². The highest BCUT2D eigenvalue weighted by molar-refractivity contribution is 9.10. The number of nitrogens with one attached hydrogen (secondary N) is 1. The summed E-state index contributed by atoms with van der Waals surface area (Å²) in [5.74, 6) is -0.206. The molecule has 5 heteroatoms. The summed E-state index contributed by atoms with van der Waals surface area (Å²) in [5.41, 5.74) is 0.223. The molecular weight excluding hydrogens is 325 g/mol. The Kier molecular flexibility index (Phi) is 5.55. The van der Waals surface area contributed by atoms with Crippen LogP contribution in [0.15, 0.2) is 22.7 Å². The van der Waals surface area contributed by atoms with E-state index < -0.39 is 5.60 Å². The molecule has 0 radical (unpaired) electrons. The van der Waals surface area contributed by atoms with Gasteiger partial charge >= 0.3 is 0 Å². The normalized spacial score (nSPS) is 19.8. The predicted octanol–water partition coefficient (Wildman–Crippen LogP) is 3.43. The van der Waals surface area contributed by atoms with E-state index in [1.807, 2.05) is 13.0 Å². The maximum atomic E-state index is 14.3. The minimum Gasteiger partial charge on any atom is -0.381 e. The van der Waals surface area contributed by atoms with Gasteiger partial charge in [-0.15, -0.1) is 0 Å². The van der Waals surface area contributed by atoms with Crippen LogP contribution in [0.4, 0.5) is 4.39 Å². The van der Waals surface area contributed by atoms with E-state index in [-0.39, 0.29) is 11.9 Å². The van der Waals surface area contributed by atoms with Crippen LogP contribution in [-0.4, -0.2) is 32.5 Å². The number of benzene rings is 1. The number of hydrogen-bond donors (Lipinski definition) is 1. The summed E-state index contributed by atoms with van der Waals surface area (Å²) in [4.78, 5) is 0. The highest BCUT2D eigenvalue weighted by Gasteiger charge is 2.42. The third-order valence-electron chi connectivity index (χ3n) is 3.95. The van der Waals surface area contributed by atoms with Crippen molar-refractivity contribution in [3.8, 4) is 0 Å². The number of halogens is 2. The molecule has 0 bridgehead atoms. The Bertz CT molecular complexity index is 449. The lowest BCUT2D eigenvalue weighted by atomic mass is 9.81. The van der Waals surface area contributed by atoms with Crippen molar-refractivity contribution in [2.24, 2.45) is 0 Å². The standard InChI is InChI=1S/C15H21BrFNO2/c1-3-18-14(12-10-11(16)4-5-13(12)17)15(19-2)6-8-20-9-7-15/h4-5,10,14,18H,3,6-9H2,1-2H3. The largest absolute Gasteiger partial charge is 0.381 e. The molecule has 3 nitrogen and oxygen atoms in total. The van der Waals surface area contributed by atoms with Crippen molar-refractivity contribution in [2.75, 3.05) is 26.9 Å². The second kappa shape index (κ2) is 6.98. The number of rotatable bonds is 5. The van der Waals surface area contributed by atoms with Crippen molar-refractivity contribution in [1.82, 2.24) is 5.32 Å². The lowest BCUT2D eigenvalue weighted by Crippen LogP contribution is -2.49. The summed E-state index contributed by atoms with van der Waals surface area (Å²) in [6.45, 7) is 4.06. The Balaban J connectivity index is 2.40. The molecule has 0 aliphatic carbocycles. The van der Waals surface area contributed by atoms with Gasteiger partial charge in [-0.1, -0.05) is 22.9 Å². The number of ether oxygens (including phenoxy) is 2. The van der Waals surface area contributed by atoms with Crippen molar-refractivity contribution < 1.29 is 13.9 Å². The number of methoxy groups -OCH3 is 1. The van der Waals surface area contributed by atoms with Gasteiger partial charge in [0.2, 0.25) is 0 Å². The first-order valence-corrected chi connectivity index (χ1v) is 7.73. The second-order valence-corrected chi connectivity index (χ2v) is 5.95. The summed E-state index contributed by atoms with van der Waals surface area (Å²) < 4.78 is 26.4. The van der Waals surface area contributed by atoms with Crippen LogP contribution in [0.5, 0.6) is 0 Å². The van der Waals surface area contributed by atoms with Gasteiger partial charge in [-0.3, -0.25) is 0 Å². The van der Waals surface area contributed by atoms with Gasteiger partial charge in [0, 0.05) is 43.2 Å². The topological polar surface area (TPSA) is 30.5 Å². The summed E-state index contributed by atoms with van der Waals surface area (Å²) in [7, 11) is 1.70. The average Bonchev–Trinajstić information content (AvgIpc) is 2.48. The fourth-order valence-corrected chi connectivity index (χ4v) is 3.23. The number of hydrogen-bond acceptors (Lipinski definition) is 3. The maximum Gasteiger partial charge on any atom is 0.128 e. The van der Waals surface area contributed by atoms with E-state index in [1.165, 1.54) is 6.07 Å². The zero-order chi connectivity index (χ0) is 14.6. The van der Waals surface area contributed by atoms with Crippen LogP contribution in [0.3, 0.4) is 0 Å². The van der Waals surface area contributed by atoms with E-state index in [2.05, 4.69) is 21.2 Å². The Morgan fingerprint density at radius 3 is 2.75 bits per heavy atom. The van der Waals surface area contributed by atoms with Crippen LogP contribution in [0.2, 0.25) is 0 Å². The van der Waals surface area contributed by atoms with Gasteiger partial charge in [-0.2, -0.15) is 0 Å². The lowest BCUT2D eigenvalue weighted by molar-refractivity contribution is -0.112. The average molecular weight is 346 g/mol. The molecule has 1 saturated heterocycles.